The van der Waals surface area contributed by atoms with E-state index in [2.05, 4.69) is 6.92 Å². The molecule has 0 aliphatic carbocycles. The normalized spacial score (nSPS) is 12.1. The lowest BCUT2D eigenvalue weighted by atomic mass is 10.1. The molecule has 1 atom stereocenters. The Morgan fingerprint density at radius 1 is 1.27 bits per heavy atom. The van der Waals surface area contributed by atoms with E-state index in [1.54, 1.807) is 0 Å². The average Bonchev–Trinajstić information content (AvgIpc) is 2.17. The smallest absolute Gasteiger partial charge is 0.302 e. The summed E-state index contributed by atoms with van der Waals surface area (Å²) < 4.78 is 5.03. The van der Waals surface area contributed by atoms with Gasteiger partial charge >= 0.3 is 5.97 Å². The summed E-state index contributed by atoms with van der Waals surface area (Å²) >= 11 is 0. The highest BCUT2D eigenvalue weighted by Gasteiger charge is 2.10. The first kappa shape index (κ1) is 14.1. The molecule has 3 nitrogen and oxygen atoms in total. The molecule has 0 aliphatic heterocycles. The fourth-order valence-corrected chi connectivity index (χ4v) is 1.54. The molecule has 0 N–H and O–H groups in total. The highest BCUT2D eigenvalue weighted by Crippen LogP contribution is 2.11. The van der Waals surface area contributed by atoms with Crippen LogP contribution in [0.1, 0.15) is 58.8 Å². The van der Waals surface area contributed by atoms with Crippen LogP contribution in [0.2, 0.25) is 0 Å². The van der Waals surface area contributed by atoms with Gasteiger partial charge in [0.05, 0.1) is 0 Å². The zero-order chi connectivity index (χ0) is 11.5. The first-order valence-corrected chi connectivity index (χ1v) is 5.81. The van der Waals surface area contributed by atoms with Crippen LogP contribution in [0.5, 0.6) is 0 Å². The van der Waals surface area contributed by atoms with Crippen molar-refractivity contribution in [3.63, 3.8) is 0 Å². The second-order valence-electron chi connectivity index (χ2n) is 3.84. The molecule has 15 heavy (non-hydrogen) atoms. The fourth-order valence-electron chi connectivity index (χ4n) is 1.54. The van der Waals surface area contributed by atoms with E-state index in [0.717, 1.165) is 25.5 Å². The molecular formula is C12H22O3. The molecule has 0 aromatic heterocycles. The van der Waals surface area contributed by atoms with Gasteiger partial charge in [-0.25, -0.2) is 0 Å². The predicted molar refractivity (Wildman–Crippen MR) is 59.6 cm³/mol. The Kier molecular flexibility index (Phi) is 9.13. The van der Waals surface area contributed by atoms with E-state index in [1.807, 2.05) is 0 Å². The Morgan fingerprint density at radius 2 is 1.93 bits per heavy atom. The van der Waals surface area contributed by atoms with Gasteiger partial charge in [0.1, 0.15) is 12.4 Å². The molecule has 0 bridgehead atoms. The zero-order valence-corrected chi connectivity index (χ0v) is 9.83. The SMILES string of the molecule is CCCCCCCC(CC=O)OC(C)=O. The van der Waals surface area contributed by atoms with Gasteiger partial charge in [0, 0.05) is 13.3 Å². The highest BCUT2D eigenvalue weighted by molar-refractivity contribution is 5.66. The van der Waals surface area contributed by atoms with Crippen LogP contribution in [-0.4, -0.2) is 18.4 Å². The summed E-state index contributed by atoms with van der Waals surface area (Å²) in [6.45, 7) is 3.56. The van der Waals surface area contributed by atoms with Gasteiger partial charge < -0.3 is 9.53 Å². The second kappa shape index (κ2) is 9.69. The summed E-state index contributed by atoms with van der Waals surface area (Å²) in [6, 6.07) is 0. The molecule has 0 aromatic carbocycles. The third-order valence-corrected chi connectivity index (χ3v) is 2.32. The van der Waals surface area contributed by atoms with Crippen LogP contribution < -0.4 is 0 Å². The summed E-state index contributed by atoms with van der Waals surface area (Å²) in [5.41, 5.74) is 0. The number of ether oxygens (including phenoxy) is 1. The quantitative estimate of drug-likeness (QED) is 0.337. The lowest BCUT2D eigenvalue weighted by molar-refractivity contribution is -0.147. The fraction of sp³-hybridized carbons (Fsp3) is 0.833. The van der Waals surface area contributed by atoms with Crippen molar-refractivity contribution >= 4 is 12.3 Å². The molecule has 0 aliphatic rings. The van der Waals surface area contributed by atoms with Crippen molar-refractivity contribution in [2.24, 2.45) is 0 Å². The summed E-state index contributed by atoms with van der Waals surface area (Å²) in [6.07, 6.45) is 7.64. The van der Waals surface area contributed by atoms with Crippen LogP contribution in [0.15, 0.2) is 0 Å². The lowest BCUT2D eigenvalue weighted by Gasteiger charge is -2.13. The minimum atomic E-state index is -0.296. The van der Waals surface area contributed by atoms with Crippen molar-refractivity contribution in [2.45, 2.75) is 64.9 Å². The first-order chi connectivity index (χ1) is 7.20. The zero-order valence-electron chi connectivity index (χ0n) is 9.83. The van der Waals surface area contributed by atoms with Crippen molar-refractivity contribution in [1.82, 2.24) is 0 Å². The molecule has 0 saturated carbocycles. The van der Waals surface area contributed by atoms with E-state index in [9.17, 15) is 9.59 Å². The number of unbranched alkanes of at least 4 members (excludes halogenated alkanes) is 4. The van der Waals surface area contributed by atoms with Crippen LogP contribution >= 0.6 is 0 Å². The van der Waals surface area contributed by atoms with Crippen molar-refractivity contribution in [3.05, 3.63) is 0 Å². The molecular weight excluding hydrogens is 192 g/mol. The number of hydrogen-bond donors (Lipinski definition) is 0. The van der Waals surface area contributed by atoms with Crippen LogP contribution in [0.4, 0.5) is 0 Å². The predicted octanol–water partition coefficient (Wildman–Crippen LogP) is 2.87. The maximum Gasteiger partial charge on any atom is 0.302 e. The van der Waals surface area contributed by atoms with Crippen molar-refractivity contribution in [1.29, 1.82) is 0 Å². The molecule has 3 heteroatoms. The van der Waals surface area contributed by atoms with Crippen LogP contribution in [0.3, 0.4) is 0 Å². The van der Waals surface area contributed by atoms with Gasteiger partial charge in [-0.15, -0.1) is 0 Å². The van der Waals surface area contributed by atoms with Gasteiger partial charge in [-0.05, 0) is 12.8 Å². The van der Waals surface area contributed by atoms with E-state index < -0.39 is 0 Å². The van der Waals surface area contributed by atoms with E-state index in [-0.39, 0.29) is 12.1 Å². The maximum absolute atomic E-state index is 10.7. The van der Waals surface area contributed by atoms with E-state index in [4.69, 9.17) is 4.74 Å². The van der Waals surface area contributed by atoms with Gasteiger partial charge in [0.25, 0.3) is 0 Å². The number of carbonyl (C=O) groups excluding carboxylic acids is 2. The molecule has 1 unspecified atom stereocenters. The van der Waals surface area contributed by atoms with Crippen LogP contribution in [-0.2, 0) is 14.3 Å². The summed E-state index contributed by atoms with van der Waals surface area (Å²) in [7, 11) is 0. The van der Waals surface area contributed by atoms with Gasteiger partial charge in [-0.1, -0.05) is 32.6 Å². The molecule has 0 rings (SSSR count). The third kappa shape index (κ3) is 9.44. The number of hydrogen-bond acceptors (Lipinski definition) is 3. The molecule has 0 heterocycles. The second-order valence-corrected chi connectivity index (χ2v) is 3.84. The molecule has 0 aromatic rings. The molecule has 0 amide bonds. The molecule has 0 saturated heterocycles. The topological polar surface area (TPSA) is 43.4 Å². The number of aldehydes is 1. The van der Waals surface area contributed by atoms with E-state index in [1.165, 1.54) is 26.2 Å². The molecule has 0 fully saturated rings. The van der Waals surface area contributed by atoms with Crippen molar-refractivity contribution < 1.29 is 14.3 Å². The Labute approximate surface area is 92.2 Å². The highest BCUT2D eigenvalue weighted by atomic mass is 16.5. The van der Waals surface area contributed by atoms with Crippen molar-refractivity contribution in [2.75, 3.05) is 0 Å². The van der Waals surface area contributed by atoms with E-state index >= 15 is 0 Å². The number of esters is 1. The summed E-state index contributed by atoms with van der Waals surface area (Å²) in [5.74, 6) is -0.296. The monoisotopic (exact) mass is 214 g/mol. The Balaban J connectivity index is 3.56. The van der Waals surface area contributed by atoms with Gasteiger partial charge in [-0.3, -0.25) is 4.79 Å². The van der Waals surface area contributed by atoms with Gasteiger partial charge in [0.15, 0.2) is 0 Å². The molecule has 0 radical (unpaired) electrons. The first-order valence-electron chi connectivity index (χ1n) is 5.81. The third-order valence-electron chi connectivity index (χ3n) is 2.32. The Morgan fingerprint density at radius 3 is 2.47 bits per heavy atom. The summed E-state index contributed by atoms with van der Waals surface area (Å²) in [4.78, 5) is 21.1. The van der Waals surface area contributed by atoms with E-state index in [0.29, 0.717) is 6.42 Å². The number of rotatable bonds is 9. The molecule has 0 spiro atoms. The minimum absolute atomic E-state index is 0.207. The minimum Gasteiger partial charge on any atom is -0.462 e. The Hall–Kier alpha value is -0.860. The lowest BCUT2D eigenvalue weighted by Crippen LogP contribution is -2.16. The van der Waals surface area contributed by atoms with Crippen molar-refractivity contribution in [3.8, 4) is 0 Å². The van der Waals surface area contributed by atoms with Gasteiger partial charge in [-0.2, -0.15) is 0 Å². The van der Waals surface area contributed by atoms with Gasteiger partial charge in [0.2, 0.25) is 0 Å². The average molecular weight is 214 g/mol. The largest absolute Gasteiger partial charge is 0.462 e. The Bertz CT molecular complexity index is 178. The molecule has 88 valence electrons. The standard InChI is InChI=1S/C12H22O3/c1-3-4-5-6-7-8-12(9-10-13)15-11(2)14/h10,12H,3-9H2,1-2H3. The number of carbonyl (C=O) groups is 2. The summed E-state index contributed by atoms with van der Waals surface area (Å²) in [5, 5.41) is 0. The van der Waals surface area contributed by atoms with Crippen LogP contribution in [0, 0.1) is 0 Å². The maximum atomic E-state index is 10.7. The van der Waals surface area contributed by atoms with Crippen LogP contribution in [0.25, 0.3) is 0 Å².